The summed E-state index contributed by atoms with van der Waals surface area (Å²) in [5, 5.41) is 4.18. The van der Waals surface area contributed by atoms with Crippen LogP contribution in [0, 0.1) is 0 Å². The topological polar surface area (TPSA) is 87.5 Å². The highest BCUT2D eigenvalue weighted by molar-refractivity contribution is 9.10. The minimum Gasteiger partial charge on any atom is -0.465 e. The van der Waals surface area contributed by atoms with Crippen molar-refractivity contribution in [2.75, 3.05) is 13.2 Å². The largest absolute Gasteiger partial charge is 0.465 e. The van der Waals surface area contributed by atoms with Gasteiger partial charge in [-0.1, -0.05) is 28.1 Å². The first kappa shape index (κ1) is 18.9. The monoisotopic (exact) mass is 408 g/mol. The van der Waals surface area contributed by atoms with Crippen molar-refractivity contribution >= 4 is 27.9 Å². The molecule has 0 fully saturated rings. The lowest BCUT2D eigenvalue weighted by Crippen LogP contribution is -2.32. The van der Waals surface area contributed by atoms with Gasteiger partial charge in [0.05, 0.1) is 18.9 Å². The van der Waals surface area contributed by atoms with Gasteiger partial charge < -0.3 is 9.47 Å². The fourth-order valence-corrected chi connectivity index (χ4v) is 2.36. The molecule has 7 nitrogen and oxygen atoms in total. The summed E-state index contributed by atoms with van der Waals surface area (Å²) >= 11 is 3.34. The number of hydrogen-bond donors (Lipinski definition) is 0. The van der Waals surface area contributed by atoms with Crippen LogP contribution in [0.3, 0.4) is 0 Å². The first-order chi connectivity index (χ1) is 12.0. The maximum atomic E-state index is 12.4. The smallest absolute Gasteiger partial charge is 0.343 e. The van der Waals surface area contributed by atoms with Crippen molar-refractivity contribution in [2.45, 2.75) is 20.4 Å². The third kappa shape index (κ3) is 4.76. The highest BCUT2D eigenvalue weighted by Gasteiger charge is 2.19. The van der Waals surface area contributed by atoms with Crippen LogP contribution in [-0.2, 0) is 20.8 Å². The molecule has 8 heteroatoms. The second-order valence-corrected chi connectivity index (χ2v) is 5.85. The van der Waals surface area contributed by atoms with E-state index in [0.717, 1.165) is 9.15 Å². The number of ether oxygens (including phenoxy) is 2. The van der Waals surface area contributed by atoms with Crippen LogP contribution < -0.4 is 5.56 Å². The Balaban J connectivity index is 2.54. The van der Waals surface area contributed by atoms with Gasteiger partial charge in [0.1, 0.15) is 12.1 Å². The van der Waals surface area contributed by atoms with Gasteiger partial charge in [0.25, 0.3) is 5.56 Å². The summed E-state index contributed by atoms with van der Waals surface area (Å²) in [5.41, 5.74) is 0.178. The van der Waals surface area contributed by atoms with Gasteiger partial charge in [-0.2, -0.15) is 5.10 Å². The second-order valence-electron chi connectivity index (χ2n) is 4.94. The Hall–Kier alpha value is -2.48. The predicted molar refractivity (Wildman–Crippen MR) is 94.2 cm³/mol. The van der Waals surface area contributed by atoms with E-state index in [9.17, 15) is 14.4 Å². The number of halogens is 1. The van der Waals surface area contributed by atoms with Gasteiger partial charge in [-0.3, -0.25) is 9.59 Å². The number of carbonyl (C=O) groups is 2. The molecule has 0 saturated heterocycles. The number of carbonyl (C=O) groups excluding carboxylic acids is 2. The number of nitrogens with zero attached hydrogens (tertiary/aromatic N) is 2. The fraction of sp³-hybridized carbons (Fsp3) is 0.294. The summed E-state index contributed by atoms with van der Waals surface area (Å²) < 4.78 is 11.6. The Bertz CT molecular complexity index is 830. The Morgan fingerprint density at radius 2 is 1.76 bits per heavy atom. The van der Waals surface area contributed by atoms with E-state index in [1.54, 1.807) is 26.0 Å². The molecule has 0 saturated carbocycles. The average Bonchev–Trinajstić information content (AvgIpc) is 2.58. The SMILES string of the molecule is CCOC(=O)Cn1nc(-c2ccc(Br)cc2)cc(C(=O)OCC)c1=O. The lowest BCUT2D eigenvalue weighted by molar-refractivity contribution is -0.144. The van der Waals surface area contributed by atoms with Gasteiger partial charge in [0, 0.05) is 10.0 Å². The number of esters is 2. The zero-order valence-corrected chi connectivity index (χ0v) is 15.4. The first-order valence-corrected chi connectivity index (χ1v) is 8.46. The molecule has 1 aromatic heterocycles. The lowest BCUT2D eigenvalue weighted by Gasteiger charge is -2.10. The van der Waals surface area contributed by atoms with E-state index in [-0.39, 0.29) is 25.3 Å². The number of benzene rings is 1. The van der Waals surface area contributed by atoms with Gasteiger partial charge in [-0.25, -0.2) is 9.48 Å². The summed E-state index contributed by atoms with van der Waals surface area (Å²) in [6.07, 6.45) is 0. The van der Waals surface area contributed by atoms with Crippen molar-refractivity contribution < 1.29 is 19.1 Å². The highest BCUT2D eigenvalue weighted by Crippen LogP contribution is 2.20. The lowest BCUT2D eigenvalue weighted by atomic mass is 10.1. The molecule has 0 radical (unpaired) electrons. The maximum absolute atomic E-state index is 12.4. The van der Waals surface area contributed by atoms with Crippen LogP contribution in [0.15, 0.2) is 39.6 Å². The van der Waals surface area contributed by atoms with E-state index in [4.69, 9.17) is 9.47 Å². The third-order valence-corrected chi connectivity index (χ3v) is 3.72. The van der Waals surface area contributed by atoms with Crippen molar-refractivity contribution in [1.29, 1.82) is 0 Å². The molecule has 0 N–H and O–H groups in total. The van der Waals surface area contributed by atoms with Crippen LogP contribution in [0.2, 0.25) is 0 Å². The van der Waals surface area contributed by atoms with E-state index in [0.29, 0.717) is 11.3 Å². The summed E-state index contributed by atoms with van der Waals surface area (Å²) in [6.45, 7) is 3.24. The molecule has 2 aromatic rings. The summed E-state index contributed by atoms with van der Waals surface area (Å²) in [4.78, 5) is 36.2. The molecule has 25 heavy (non-hydrogen) atoms. The third-order valence-electron chi connectivity index (χ3n) is 3.19. The van der Waals surface area contributed by atoms with Crippen LogP contribution >= 0.6 is 15.9 Å². The van der Waals surface area contributed by atoms with Gasteiger partial charge in [-0.05, 0) is 32.0 Å². The van der Waals surface area contributed by atoms with Crippen LogP contribution in [0.5, 0.6) is 0 Å². The molecule has 1 aromatic carbocycles. The van der Waals surface area contributed by atoms with Crippen molar-refractivity contribution in [3.05, 3.63) is 50.7 Å². The molecule has 2 rings (SSSR count). The molecule has 0 aliphatic heterocycles. The normalized spacial score (nSPS) is 10.4. The van der Waals surface area contributed by atoms with Crippen molar-refractivity contribution in [2.24, 2.45) is 0 Å². The molecular weight excluding hydrogens is 392 g/mol. The molecule has 0 amide bonds. The Kier molecular flexibility index (Phi) is 6.46. The number of aromatic nitrogens is 2. The van der Waals surface area contributed by atoms with Gasteiger partial charge >= 0.3 is 11.9 Å². The first-order valence-electron chi connectivity index (χ1n) is 7.67. The molecule has 0 aliphatic carbocycles. The van der Waals surface area contributed by atoms with E-state index in [1.165, 1.54) is 6.07 Å². The van der Waals surface area contributed by atoms with Gasteiger partial charge in [0.15, 0.2) is 0 Å². The molecule has 0 aliphatic rings. The van der Waals surface area contributed by atoms with E-state index in [2.05, 4.69) is 21.0 Å². The van der Waals surface area contributed by atoms with E-state index >= 15 is 0 Å². The molecule has 1 heterocycles. The second kappa shape index (κ2) is 8.57. The summed E-state index contributed by atoms with van der Waals surface area (Å²) in [7, 11) is 0. The Morgan fingerprint density at radius 3 is 2.36 bits per heavy atom. The quantitative estimate of drug-likeness (QED) is 0.681. The molecule has 132 valence electrons. The zero-order valence-electron chi connectivity index (χ0n) is 13.8. The molecule has 0 unspecified atom stereocenters. The van der Waals surface area contributed by atoms with Gasteiger partial charge in [-0.15, -0.1) is 0 Å². The fourth-order valence-electron chi connectivity index (χ4n) is 2.09. The molecule has 0 bridgehead atoms. The standard InChI is InChI=1S/C17H17BrN2O5/c1-3-24-15(21)10-20-16(22)13(17(23)25-4-2)9-14(19-20)11-5-7-12(18)8-6-11/h5-9H,3-4,10H2,1-2H3. The minimum atomic E-state index is -0.758. The molecule has 0 atom stereocenters. The van der Waals surface area contributed by atoms with E-state index < -0.39 is 17.5 Å². The Labute approximate surface area is 152 Å². The highest BCUT2D eigenvalue weighted by atomic mass is 79.9. The van der Waals surface area contributed by atoms with Crippen molar-refractivity contribution in [3.63, 3.8) is 0 Å². The maximum Gasteiger partial charge on any atom is 0.343 e. The zero-order chi connectivity index (χ0) is 18.4. The van der Waals surface area contributed by atoms with Crippen LogP contribution in [0.1, 0.15) is 24.2 Å². The predicted octanol–water partition coefficient (Wildman–Crippen LogP) is 2.41. The van der Waals surface area contributed by atoms with Crippen molar-refractivity contribution in [3.8, 4) is 11.3 Å². The van der Waals surface area contributed by atoms with Crippen LogP contribution in [0.4, 0.5) is 0 Å². The molecular formula is C17H17BrN2O5. The van der Waals surface area contributed by atoms with Crippen LogP contribution in [0.25, 0.3) is 11.3 Å². The van der Waals surface area contributed by atoms with Crippen molar-refractivity contribution in [1.82, 2.24) is 9.78 Å². The summed E-state index contributed by atoms with van der Waals surface area (Å²) in [5.74, 6) is -1.37. The van der Waals surface area contributed by atoms with Gasteiger partial charge in [0.2, 0.25) is 0 Å². The summed E-state index contributed by atoms with van der Waals surface area (Å²) in [6, 6.07) is 8.54. The number of hydrogen-bond acceptors (Lipinski definition) is 6. The minimum absolute atomic E-state index is 0.131. The van der Waals surface area contributed by atoms with E-state index in [1.807, 2.05) is 12.1 Å². The number of rotatable bonds is 6. The molecule has 0 spiro atoms. The van der Waals surface area contributed by atoms with Crippen LogP contribution in [-0.4, -0.2) is 34.9 Å². The Morgan fingerprint density at radius 1 is 1.12 bits per heavy atom. The average molecular weight is 409 g/mol.